The minimum absolute atomic E-state index is 0.830. The van der Waals surface area contributed by atoms with Crippen LogP contribution in [0.25, 0.3) is 0 Å². The van der Waals surface area contributed by atoms with E-state index in [0.29, 0.717) is 0 Å². The highest BCUT2D eigenvalue weighted by Gasteiger charge is 2.55. The van der Waals surface area contributed by atoms with E-state index in [-0.39, 0.29) is 0 Å². The molecule has 2 heterocycles. The van der Waals surface area contributed by atoms with Crippen molar-refractivity contribution in [3.63, 3.8) is 0 Å². The number of unbranched alkanes of at least 4 members (excludes halogenated alkanes) is 6. The topological polar surface area (TPSA) is 0 Å². The summed E-state index contributed by atoms with van der Waals surface area (Å²) in [6.07, 6.45) is 17.9. The molecule has 0 spiro atoms. The van der Waals surface area contributed by atoms with E-state index in [1.165, 1.54) is 112 Å². The van der Waals surface area contributed by atoms with Gasteiger partial charge in [-0.05, 0) is 32.1 Å². The molecule has 178 valence electrons. The molecule has 4 atom stereocenters. The van der Waals surface area contributed by atoms with Gasteiger partial charge < -0.3 is 0 Å². The Morgan fingerprint density at radius 1 is 0.533 bits per heavy atom. The van der Waals surface area contributed by atoms with Gasteiger partial charge in [0.25, 0.3) is 0 Å². The number of nitrogens with zero attached hydrogens (tertiary/aromatic N) is 2. The second-order valence-electron chi connectivity index (χ2n) is 11.8. The highest BCUT2D eigenvalue weighted by molar-refractivity contribution is 4.79. The first-order valence-electron chi connectivity index (χ1n) is 14.1. The first-order chi connectivity index (χ1) is 14.4. The second-order valence-corrected chi connectivity index (χ2v) is 11.8. The monoisotopic (exact) mass is 422 g/mol. The quantitative estimate of drug-likeness (QED) is 0.201. The lowest BCUT2D eigenvalue weighted by molar-refractivity contribution is -1.11. The maximum Gasteiger partial charge on any atom is 0.216 e. The molecule has 0 amide bonds. The second kappa shape index (κ2) is 12.2. The molecule has 2 aliphatic rings. The average molecular weight is 423 g/mol. The van der Waals surface area contributed by atoms with Crippen molar-refractivity contribution in [3.8, 4) is 0 Å². The fourth-order valence-corrected chi connectivity index (χ4v) is 7.81. The normalized spacial score (nSPS) is 37.7. The van der Waals surface area contributed by atoms with Crippen LogP contribution in [0.4, 0.5) is 0 Å². The highest BCUT2D eigenvalue weighted by Crippen LogP contribution is 2.43. The molecule has 0 aromatic carbocycles. The summed E-state index contributed by atoms with van der Waals surface area (Å²) in [4.78, 5) is 0. The summed E-state index contributed by atoms with van der Waals surface area (Å²) in [7, 11) is 5.32. The zero-order valence-electron chi connectivity index (χ0n) is 22.1. The van der Waals surface area contributed by atoms with Crippen molar-refractivity contribution in [2.24, 2.45) is 23.7 Å². The standard InChI is InChI=1S/C28H58N2/c1-8-13-14-15-16-17-18-19-28(29(6)20-24(9-2)25(10-3)21-29)30(7)22-26(11-4)27(12-5)23-30/h24-28H,8-23H2,1-7H3/q+2. The van der Waals surface area contributed by atoms with Gasteiger partial charge >= 0.3 is 0 Å². The lowest BCUT2D eigenvalue weighted by Gasteiger charge is -2.48. The summed E-state index contributed by atoms with van der Waals surface area (Å²) in [6.45, 7) is 17.9. The molecule has 2 fully saturated rings. The molecule has 0 bridgehead atoms. The average Bonchev–Trinajstić information content (AvgIpc) is 3.26. The molecular weight excluding hydrogens is 364 g/mol. The maximum absolute atomic E-state index is 2.66. The zero-order valence-corrected chi connectivity index (χ0v) is 22.1. The molecular formula is C28H58N2+2. The Kier molecular flexibility index (Phi) is 10.7. The van der Waals surface area contributed by atoms with Crippen molar-refractivity contribution in [2.45, 2.75) is 118 Å². The van der Waals surface area contributed by atoms with Gasteiger partial charge in [-0.25, -0.2) is 0 Å². The van der Waals surface area contributed by atoms with Gasteiger partial charge in [-0.3, -0.25) is 8.97 Å². The Morgan fingerprint density at radius 2 is 0.867 bits per heavy atom. The van der Waals surface area contributed by atoms with E-state index in [9.17, 15) is 0 Å². The minimum atomic E-state index is 0.830. The maximum atomic E-state index is 2.66. The zero-order chi connectivity index (χ0) is 22.2. The van der Waals surface area contributed by atoms with Crippen LogP contribution < -0.4 is 0 Å². The molecule has 0 saturated carbocycles. The van der Waals surface area contributed by atoms with E-state index in [1.807, 2.05) is 0 Å². The Morgan fingerprint density at radius 3 is 1.20 bits per heavy atom. The largest absolute Gasteiger partial charge is 0.277 e. The Labute approximate surface area is 191 Å². The number of hydrogen-bond donors (Lipinski definition) is 0. The minimum Gasteiger partial charge on any atom is -0.277 e. The lowest BCUT2D eigenvalue weighted by Crippen LogP contribution is -2.66. The van der Waals surface area contributed by atoms with Crippen LogP contribution in [0.2, 0.25) is 0 Å². The SMILES string of the molecule is CCCCCCCCCC([N+]1(C)CC(CC)C(CC)C1)[N+]1(C)CC(CC)C(CC)C1. The molecule has 2 rings (SSSR count). The third-order valence-corrected chi connectivity index (χ3v) is 9.54. The van der Waals surface area contributed by atoms with E-state index in [0.717, 1.165) is 29.8 Å². The number of rotatable bonds is 14. The molecule has 2 heteroatoms. The molecule has 2 aliphatic heterocycles. The molecule has 0 aliphatic carbocycles. The van der Waals surface area contributed by atoms with Gasteiger partial charge in [0.2, 0.25) is 6.17 Å². The fraction of sp³-hybridized carbons (Fsp3) is 1.00. The molecule has 0 N–H and O–H groups in total. The van der Waals surface area contributed by atoms with E-state index in [4.69, 9.17) is 0 Å². The molecule has 0 aromatic rings. The van der Waals surface area contributed by atoms with E-state index < -0.39 is 0 Å². The van der Waals surface area contributed by atoms with Crippen LogP contribution >= 0.6 is 0 Å². The summed E-state index contributed by atoms with van der Waals surface area (Å²) in [5, 5.41) is 0. The first-order valence-corrected chi connectivity index (χ1v) is 14.1. The molecule has 2 saturated heterocycles. The smallest absolute Gasteiger partial charge is 0.216 e. The van der Waals surface area contributed by atoms with Gasteiger partial charge in [0.15, 0.2) is 0 Å². The Hall–Kier alpha value is -0.0800. The predicted octanol–water partition coefficient (Wildman–Crippen LogP) is 7.48. The van der Waals surface area contributed by atoms with Gasteiger partial charge in [-0.15, -0.1) is 0 Å². The summed E-state index contributed by atoms with van der Waals surface area (Å²) in [5.41, 5.74) is 0. The van der Waals surface area contributed by atoms with E-state index in [2.05, 4.69) is 48.7 Å². The van der Waals surface area contributed by atoms with Crippen LogP contribution in [0.5, 0.6) is 0 Å². The van der Waals surface area contributed by atoms with Crippen LogP contribution in [0, 0.1) is 23.7 Å². The van der Waals surface area contributed by atoms with Gasteiger partial charge in [0.1, 0.15) is 0 Å². The van der Waals surface area contributed by atoms with E-state index in [1.54, 1.807) is 0 Å². The third-order valence-electron chi connectivity index (χ3n) is 9.54. The van der Waals surface area contributed by atoms with Crippen molar-refractivity contribution in [3.05, 3.63) is 0 Å². The van der Waals surface area contributed by atoms with Crippen molar-refractivity contribution >= 4 is 0 Å². The van der Waals surface area contributed by atoms with E-state index >= 15 is 0 Å². The highest BCUT2D eigenvalue weighted by atomic mass is 15.6. The third kappa shape index (κ3) is 6.25. The molecule has 2 nitrogen and oxygen atoms in total. The molecule has 0 radical (unpaired) electrons. The lowest BCUT2D eigenvalue weighted by atomic mass is 9.92. The van der Waals surface area contributed by atoms with Crippen LogP contribution in [-0.4, -0.2) is 55.4 Å². The predicted molar refractivity (Wildman–Crippen MR) is 133 cm³/mol. The fourth-order valence-electron chi connectivity index (χ4n) is 7.81. The van der Waals surface area contributed by atoms with Crippen LogP contribution in [0.3, 0.4) is 0 Å². The molecule has 0 aromatic heterocycles. The van der Waals surface area contributed by atoms with Gasteiger partial charge in [0.05, 0.1) is 46.7 Å². The number of quaternary nitrogens is 2. The summed E-state index contributed by atoms with van der Waals surface area (Å²) in [5.74, 6) is 3.81. The Balaban J connectivity index is 2.11. The molecule has 30 heavy (non-hydrogen) atoms. The summed E-state index contributed by atoms with van der Waals surface area (Å²) >= 11 is 0. The van der Waals surface area contributed by atoms with Crippen molar-refractivity contribution in [2.75, 3.05) is 40.3 Å². The van der Waals surface area contributed by atoms with Crippen molar-refractivity contribution < 1.29 is 8.97 Å². The Bertz CT molecular complexity index is 415. The first kappa shape index (κ1) is 26.2. The van der Waals surface area contributed by atoms with Gasteiger partial charge in [-0.1, -0.05) is 73.1 Å². The van der Waals surface area contributed by atoms with Crippen LogP contribution in [-0.2, 0) is 0 Å². The number of hydrogen-bond acceptors (Lipinski definition) is 0. The van der Waals surface area contributed by atoms with Gasteiger partial charge in [0, 0.05) is 23.7 Å². The van der Waals surface area contributed by atoms with Gasteiger partial charge in [-0.2, -0.15) is 0 Å². The van der Waals surface area contributed by atoms with Crippen LogP contribution in [0.15, 0.2) is 0 Å². The van der Waals surface area contributed by atoms with Crippen LogP contribution in [0.1, 0.15) is 112 Å². The summed E-state index contributed by atoms with van der Waals surface area (Å²) < 4.78 is 2.74. The molecule has 4 unspecified atom stereocenters. The van der Waals surface area contributed by atoms with Crippen molar-refractivity contribution in [1.29, 1.82) is 0 Å². The number of likely N-dealkylation sites (tertiary alicyclic amines) is 2. The van der Waals surface area contributed by atoms with Crippen molar-refractivity contribution in [1.82, 2.24) is 0 Å². The summed E-state index contributed by atoms with van der Waals surface area (Å²) in [6, 6.07) is 0.